The van der Waals surface area contributed by atoms with Crippen LogP contribution in [0.3, 0.4) is 0 Å². The van der Waals surface area contributed by atoms with E-state index < -0.39 is 23.3 Å². The Kier molecular flexibility index (Phi) is 4.83. The van der Waals surface area contributed by atoms with Crippen LogP contribution in [0.4, 0.5) is 30.6 Å². The number of hydrogen-bond donors (Lipinski definition) is 2. The Labute approximate surface area is 133 Å². The zero-order valence-electron chi connectivity index (χ0n) is 13.1. The van der Waals surface area contributed by atoms with Crippen molar-refractivity contribution in [3.8, 4) is 0 Å². The van der Waals surface area contributed by atoms with Crippen molar-refractivity contribution in [2.24, 2.45) is 0 Å². The number of halogens is 2. The molecule has 0 unspecified atom stereocenters. The minimum Gasteiger partial charge on any atom is -0.444 e. The first-order valence-electron chi connectivity index (χ1n) is 7.06. The van der Waals surface area contributed by atoms with Crippen molar-refractivity contribution in [3.63, 3.8) is 0 Å². The molecular weight excluding hydrogens is 302 g/mol. The Morgan fingerprint density at radius 2 is 1.48 bits per heavy atom. The number of rotatable bonds is 3. The first kappa shape index (κ1) is 16.7. The Morgan fingerprint density at radius 1 is 0.957 bits per heavy atom. The molecule has 0 saturated heterocycles. The molecule has 0 heterocycles. The largest absolute Gasteiger partial charge is 0.444 e. The lowest BCUT2D eigenvalue weighted by atomic mass is 10.2. The van der Waals surface area contributed by atoms with Gasteiger partial charge in [0.2, 0.25) is 0 Å². The first-order chi connectivity index (χ1) is 10.7. The van der Waals surface area contributed by atoms with E-state index in [4.69, 9.17) is 4.74 Å². The van der Waals surface area contributed by atoms with E-state index in [1.165, 1.54) is 18.2 Å². The van der Waals surface area contributed by atoms with Crippen LogP contribution in [0.15, 0.2) is 42.5 Å². The van der Waals surface area contributed by atoms with Crippen molar-refractivity contribution in [2.45, 2.75) is 26.4 Å². The molecule has 4 nitrogen and oxygen atoms in total. The summed E-state index contributed by atoms with van der Waals surface area (Å²) in [6.07, 6.45) is -0.571. The third kappa shape index (κ3) is 4.95. The van der Waals surface area contributed by atoms with Gasteiger partial charge >= 0.3 is 6.09 Å². The van der Waals surface area contributed by atoms with Crippen molar-refractivity contribution < 1.29 is 18.3 Å². The van der Waals surface area contributed by atoms with Crippen LogP contribution in [0.2, 0.25) is 0 Å². The van der Waals surface area contributed by atoms with Crippen LogP contribution in [-0.2, 0) is 4.74 Å². The highest BCUT2D eigenvalue weighted by atomic mass is 19.1. The maximum absolute atomic E-state index is 13.6. The molecule has 6 heteroatoms. The predicted octanol–water partition coefficient (Wildman–Crippen LogP) is 5.06. The second kappa shape index (κ2) is 6.64. The molecule has 0 aliphatic heterocycles. The molecule has 0 fully saturated rings. The number of anilines is 3. The van der Waals surface area contributed by atoms with Crippen LogP contribution in [-0.4, -0.2) is 11.7 Å². The average Bonchev–Trinajstić information content (AvgIpc) is 2.43. The molecule has 0 bridgehead atoms. The topological polar surface area (TPSA) is 50.4 Å². The maximum atomic E-state index is 13.6. The fourth-order valence-electron chi connectivity index (χ4n) is 1.82. The third-order valence-electron chi connectivity index (χ3n) is 2.76. The van der Waals surface area contributed by atoms with E-state index in [2.05, 4.69) is 10.6 Å². The van der Waals surface area contributed by atoms with E-state index in [1.807, 2.05) is 0 Å². The zero-order valence-corrected chi connectivity index (χ0v) is 13.1. The summed E-state index contributed by atoms with van der Waals surface area (Å²) in [5, 5.41) is 5.24. The van der Waals surface area contributed by atoms with Crippen molar-refractivity contribution in [1.29, 1.82) is 0 Å². The van der Waals surface area contributed by atoms with Crippen molar-refractivity contribution >= 4 is 23.2 Å². The molecule has 2 aromatic carbocycles. The molecule has 1 amide bonds. The van der Waals surface area contributed by atoms with Crippen LogP contribution in [0, 0.1) is 11.6 Å². The summed E-state index contributed by atoms with van der Waals surface area (Å²) in [6.45, 7) is 5.30. The van der Waals surface area contributed by atoms with Gasteiger partial charge in [-0.3, -0.25) is 5.32 Å². The number of ether oxygens (including phenoxy) is 1. The van der Waals surface area contributed by atoms with E-state index in [9.17, 15) is 13.6 Å². The third-order valence-corrected chi connectivity index (χ3v) is 2.76. The summed E-state index contributed by atoms with van der Waals surface area (Å²) in [5.41, 5.74) is 0.191. The molecule has 2 rings (SSSR count). The molecule has 0 aromatic heterocycles. The molecule has 0 atom stereocenters. The van der Waals surface area contributed by atoms with Crippen LogP contribution < -0.4 is 10.6 Å². The fourth-order valence-corrected chi connectivity index (χ4v) is 1.82. The lowest BCUT2D eigenvalue weighted by Crippen LogP contribution is -2.27. The van der Waals surface area contributed by atoms with E-state index in [0.29, 0.717) is 11.4 Å². The van der Waals surface area contributed by atoms with Gasteiger partial charge in [-0.05, 0) is 57.2 Å². The maximum Gasteiger partial charge on any atom is 0.412 e. The minimum absolute atomic E-state index is 0.222. The molecule has 2 N–H and O–H groups in total. The fraction of sp³-hybridized carbons (Fsp3) is 0.235. The predicted molar refractivity (Wildman–Crippen MR) is 85.9 cm³/mol. The Morgan fingerprint density at radius 3 is 2.00 bits per heavy atom. The number of hydrogen-bond acceptors (Lipinski definition) is 3. The molecular formula is C17H18F2N2O2. The highest BCUT2D eigenvalue weighted by molar-refractivity contribution is 5.85. The smallest absolute Gasteiger partial charge is 0.412 e. The van der Waals surface area contributed by atoms with Crippen molar-refractivity contribution in [1.82, 2.24) is 0 Å². The molecule has 122 valence electrons. The van der Waals surface area contributed by atoms with Gasteiger partial charge in [0.05, 0.1) is 0 Å². The van der Waals surface area contributed by atoms with E-state index in [-0.39, 0.29) is 5.69 Å². The minimum atomic E-state index is -0.680. The average molecular weight is 320 g/mol. The van der Waals surface area contributed by atoms with Gasteiger partial charge in [0.1, 0.15) is 22.9 Å². The van der Waals surface area contributed by atoms with Gasteiger partial charge in [-0.2, -0.15) is 0 Å². The summed E-state index contributed by atoms with van der Waals surface area (Å²) in [5.74, 6) is -1.36. The van der Waals surface area contributed by atoms with E-state index >= 15 is 0 Å². The van der Waals surface area contributed by atoms with Gasteiger partial charge in [0.25, 0.3) is 0 Å². The van der Waals surface area contributed by atoms with Crippen molar-refractivity contribution in [2.75, 3.05) is 10.6 Å². The Hall–Kier alpha value is -2.63. The van der Waals surface area contributed by atoms with Crippen LogP contribution in [0.1, 0.15) is 20.8 Å². The van der Waals surface area contributed by atoms with Gasteiger partial charge in [-0.15, -0.1) is 0 Å². The highest BCUT2D eigenvalue weighted by Gasteiger charge is 2.16. The molecule has 23 heavy (non-hydrogen) atoms. The SMILES string of the molecule is CC(C)(C)OC(=O)Nc1ccc(Nc2c(F)cccc2F)cc1. The summed E-state index contributed by atoms with van der Waals surface area (Å²) in [4.78, 5) is 11.6. The number of carbonyl (C=O) groups is 1. The zero-order chi connectivity index (χ0) is 17.0. The summed E-state index contributed by atoms with van der Waals surface area (Å²) in [7, 11) is 0. The van der Waals surface area contributed by atoms with E-state index in [1.54, 1.807) is 45.0 Å². The Bertz CT molecular complexity index is 674. The molecule has 0 aliphatic rings. The summed E-state index contributed by atoms with van der Waals surface area (Å²) in [6, 6.07) is 10.0. The van der Waals surface area contributed by atoms with Crippen LogP contribution in [0.25, 0.3) is 0 Å². The molecule has 2 aromatic rings. The molecule has 0 radical (unpaired) electrons. The monoisotopic (exact) mass is 320 g/mol. The number of para-hydroxylation sites is 1. The number of carbonyl (C=O) groups excluding carboxylic acids is 1. The van der Waals surface area contributed by atoms with Crippen molar-refractivity contribution in [3.05, 3.63) is 54.1 Å². The first-order valence-corrected chi connectivity index (χ1v) is 7.06. The highest BCUT2D eigenvalue weighted by Crippen LogP contribution is 2.24. The van der Waals surface area contributed by atoms with E-state index in [0.717, 1.165) is 0 Å². The van der Waals surface area contributed by atoms with Crippen LogP contribution >= 0.6 is 0 Å². The van der Waals surface area contributed by atoms with Gasteiger partial charge in [-0.25, -0.2) is 13.6 Å². The second-order valence-corrected chi connectivity index (χ2v) is 5.93. The van der Waals surface area contributed by atoms with Gasteiger partial charge in [0.15, 0.2) is 0 Å². The molecule has 0 saturated carbocycles. The summed E-state index contributed by atoms with van der Waals surface area (Å²) < 4.78 is 32.3. The number of amides is 1. The summed E-state index contributed by atoms with van der Waals surface area (Å²) >= 11 is 0. The normalized spacial score (nSPS) is 11.0. The van der Waals surface area contributed by atoms with Gasteiger partial charge in [-0.1, -0.05) is 6.07 Å². The van der Waals surface area contributed by atoms with Gasteiger partial charge in [0, 0.05) is 11.4 Å². The van der Waals surface area contributed by atoms with Gasteiger partial charge < -0.3 is 10.1 Å². The lowest BCUT2D eigenvalue weighted by Gasteiger charge is -2.19. The number of nitrogens with one attached hydrogen (secondary N) is 2. The standard InChI is InChI=1S/C17H18F2N2O2/c1-17(2,3)23-16(22)21-12-9-7-11(8-10-12)20-15-13(18)5-4-6-14(15)19/h4-10,20H,1-3H3,(H,21,22). The Balaban J connectivity index is 2.04. The molecule has 0 spiro atoms. The number of benzene rings is 2. The second-order valence-electron chi connectivity index (χ2n) is 5.93. The lowest BCUT2D eigenvalue weighted by molar-refractivity contribution is 0.0636. The van der Waals surface area contributed by atoms with Crippen LogP contribution in [0.5, 0.6) is 0 Å². The quantitative estimate of drug-likeness (QED) is 0.831. The molecule has 0 aliphatic carbocycles.